The van der Waals surface area contributed by atoms with E-state index >= 15 is 0 Å². The molecule has 0 aromatic carbocycles. The fraction of sp³-hybridized carbons (Fsp3) is 0.429. The van der Waals surface area contributed by atoms with Gasteiger partial charge in [0.15, 0.2) is 0 Å². The zero-order valence-corrected chi connectivity index (χ0v) is 5.75. The van der Waals surface area contributed by atoms with Crippen molar-refractivity contribution in [1.82, 2.24) is 5.06 Å². The fourth-order valence-corrected chi connectivity index (χ4v) is 0.776. The monoisotopic (exact) mass is 140 g/mol. The van der Waals surface area contributed by atoms with Gasteiger partial charge in [0.25, 0.3) is 0 Å². The van der Waals surface area contributed by atoms with Crippen molar-refractivity contribution in [3.8, 4) is 0 Å². The molecule has 0 saturated carbocycles. The van der Waals surface area contributed by atoms with Crippen molar-refractivity contribution in [3.63, 3.8) is 0 Å². The normalized spacial score (nSPS) is 24.3. The van der Waals surface area contributed by atoms with E-state index < -0.39 is 0 Å². The lowest BCUT2D eigenvalue weighted by Crippen LogP contribution is -2.50. The SMILES string of the molecule is [CH2]C1CC(=O)N1OCC=C. The van der Waals surface area contributed by atoms with Gasteiger partial charge < -0.3 is 0 Å². The van der Waals surface area contributed by atoms with E-state index in [-0.39, 0.29) is 11.9 Å². The van der Waals surface area contributed by atoms with Gasteiger partial charge in [-0.25, -0.2) is 5.06 Å². The van der Waals surface area contributed by atoms with Crippen LogP contribution in [-0.2, 0) is 9.63 Å². The van der Waals surface area contributed by atoms with Gasteiger partial charge >= 0.3 is 0 Å². The van der Waals surface area contributed by atoms with Gasteiger partial charge in [-0.05, 0) is 6.92 Å². The van der Waals surface area contributed by atoms with Gasteiger partial charge in [0.05, 0.1) is 19.1 Å². The maximum atomic E-state index is 10.7. The maximum absolute atomic E-state index is 10.7. The number of carbonyl (C=O) groups excluding carboxylic acids is 1. The van der Waals surface area contributed by atoms with Crippen LogP contribution in [0, 0.1) is 6.92 Å². The molecule has 0 N–H and O–H groups in total. The number of carbonyl (C=O) groups is 1. The van der Waals surface area contributed by atoms with Crippen LogP contribution in [0.15, 0.2) is 12.7 Å². The number of hydroxylamine groups is 2. The number of β-lactam (4-membered cyclic amide) rings is 1. The van der Waals surface area contributed by atoms with E-state index in [1.165, 1.54) is 5.06 Å². The highest BCUT2D eigenvalue weighted by Crippen LogP contribution is 2.17. The molecule has 1 radical (unpaired) electrons. The molecule has 0 spiro atoms. The Hall–Kier alpha value is -0.830. The summed E-state index contributed by atoms with van der Waals surface area (Å²) in [5.74, 6) is 0.00171. The van der Waals surface area contributed by atoms with Crippen molar-refractivity contribution in [2.75, 3.05) is 6.61 Å². The molecule has 3 heteroatoms. The van der Waals surface area contributed by atoms with Crippen LogP contribution >= 0.6 is 0 Å². The Morgan fingerprint density at radius 3 is 3.00 bits per heavy atom. The van der Waals surface area contributed by atoms with Gasteiger partial charge in [-0.3, -0.25) is 9.63 Å². The zero-order valence-electron chi connectivity index (χ0n) is 5.75. The van der Waals surface area contributed by atoms with E-state index in [1.807, 2.05) is 0 Å². The summed E-state index contributed by atoms with van der Waals surface area (Å²) in [6.45, 7) is 7.50. The molecular formula is C7H10NO2. The molecule has 1 aliphatic heterocycles. The van der Waals surface area contributed by atoms with Crippen LogP contribution in [0.2, 0.25) is 0 Å². The summed E-state index contributed by atoms with van der Waals surface area (Å²) < 4.78 is 0. The van der Waals surface area contributed by atoms with Crippen molar-refractivity contribution >= 4 is 5.91 Å². The topological polar surface area (TPSA) is 29.5 Å². The summed E-state index contributed by atoms with van der Waals surface area (Å²) in [6, 6.07) is -0.00699. The lowest BCUT2D eigenvalue weighted by atomic mass is 10.1. The molecule has 1 heterocycles. The van der Waals surface area contributed by atoms with Crippen LogP contribution in [0.1, 0.15) is 6.42 Å². The Bertz CT molecular complexity index is 156. The third-order valence-corrected chi connectivity index (χ3v) is 1.32. The summed E-state index contributed by atoms with van der Waals surface area (Å²) in [7, 11) is 0. The smallest absolute Gasteiger partial charge is 0.248 e. The Morgan fingerprint density at radius 2 is 2.60 bits per heavy atom. The molecule has 0 aliphatic carbocycles. The summed E-state index contributed by atoms with van der Waals surface area (Å²) in [4.78, 5) is 15.6. The lowest BCUT2D eigenvalue weighted by molar-refractivity contribution is -0.215. The van der Waals surface area contributed by atoms with Gasteiger partial charge in [0.1, 0.15) is 0 Å². The molecule has 1 unspecified atom stereocenters. The number of nitrogens with zero attached hydrogens (tertiary/aromatic N) is 1. The molecular weight excluding hydrogens is 130 g/mol. The average Bonchev–Trinajstić information content (AvgIpc) is 1.89. The molecule has 0 aromatic rings. The predicted molar refractivity (Wildman–Crippen MR) is 36.8 cm³/mol. The Labute approximate surface area is 60.2 Å². The van der Waals surface area contributed by atoms with Crippen LogP contribution in [0.4, 0.5) is 0 Å². The summed E-state index contributed by atoms with van der Waals surface area (Å²) >= 11 is 0. The van der Waals surface area contributed by atoms with Gasteiger partial charge in [0.2, 0.25) is 5.91 Å². The highest BCUT2D eigenvalue weighted by atomic mass is 16.7. The highest BCUT2D eigenvalue weighted by molar-refractivity contribution is 5.82. The summed E-state index contributed by atoms with van der Waals surface area (Å²) in [5.41, 5.74) is 0. The second kappa shape index (κ2) is 2.84. The fourth-order valence-electron chi connectivity index (χ4n) is 0.776. The number of rotatable bonds is 3. The molecule has 1 atom stereocenters. The van der Waals surface area contributed by atoms with Crippen molar-refractivity contribution in [1.29, 1.82) is 0 Å². The standard InChI is InChI=1S/C7H10NO2/c1-3-4-10-8-6(2)5-7(8)9/h3,6H,1-2,4-5H2. The number of hydrogen-bond donors (Lipinski definition) is 0. The molecule has 55 valence electrons. The molecule has 0 aromatic heterocycles. The summed E-state index contributed by atoms with van der Waals surface area (Å²) in [5, 5.41) is 1.28. The molecule has 0 bridgehead atoms. The van der Waals surface area contributed by atoms with Gasteiger partial charge in [0, 0.05) is 0 Å². The molecule has 10 heavy (non-hydrogen) atoms. The third kappa shape index (κ3) is 1.19. The van der Waals surface area contributed by atoms with E-state index in [9.17, 15) is 4.79 Å². The Kier molecular flexibility index (Phi) is 2.06. The van der Waals surface area contributed by atoms with Crippen LogP contribution in [0.25, 0.3) is 0 Å². The van der Waals surface area contributed by atoms with Crippen LogP contribution in [-0.4, -0.2) is 23.6 Å². The minimum Gasteiger partial charge on any atom is -0.272 e. The van der Waals surface area contributed by atoms with Crippen LogP contribution in [0.5, 0.6) is 0 Å². The van der Waals surface area contributed by atoms with Crippen LogP contribution in [0.3, 0.4) is 0 Å². The third-order valence-electron chi connectivity index (χ3n) is 1.32. The zero-order chi connectivity index (χ0) is 7.56. The van der Waals surface area contributed by atoms with Crippen LogP contribution < -0.4 is 0 Å². The Balaban J connectivity index is 2.26. The maximum Gasteiger partial charge on any atom is 0.248 e. The lowest BCUT2D eigenvalue weighted by Gasteiger charge is -2.35. The second-order valence-corrected chi connectivity index (χ2v) is 2.16. The van der Waals surface area contributed by atoms with E-state index in [0.29, 0.717) is 13.0 Å². The van der Waals surface area contributed by atoms with E-state index in [0.717, 1.165) is 0 Å². The minimum absolute atomic E-state index is 0.00171. The first-order valence-electron chi connectivity index (χ1n) is 3.14. The molecule has 1 amide bonds. The molecule has 1 rings (SSSR count). The molecule has 3 nitrogen and oxygen atoms in total. The van der Waals surface area contributed by atoms with Gasteiger partial charge in [-0.15, -0.1) is 6.58 Å². The quantitative estimate of drug-likeness (QED) is 0.423. The average molecular weight is 140 g/mol. The van der Waals surface area contributed by atoms with Crippen molar-refractivity contribution < 1.29 is 9.63 Å². The van der Waals surface area contributed by atoms with Gasteiger partial charge in [-0.1, -0.05) is 6.08 Å². The number of hydrogen-bond acceptors (Lipinski definition) is 2. The number of amides is 1. The largest absolute Gasteiger partial charge is 0.272 e. The summed E-state index contributed by atoms with van der Waals surface area (Å²) in [6.07, 6.45) is 2.09. The molecule has 1 aliphatic rings. The first-order chi connectivity index (χ1) is 4.75. The van der Waals surface area contributed by atoms with E-state index in [1.54, 1.807) is 6.08 Å². The van der Waals surface area contributed by atoms with Crippen molar-refractivity contribution in [2.45, 2.75) is 12.5 Å². The Morgan fingerprint density at radius 1 is 1.90 bits per heavy atom. The van der Waals surface area contributed by atoms with Crippen molar-refractivity contribution in [2.24, 2.45) is 0 Å². The van der Waals surface area contributed by atoms with E-state index in [2.05, 4.69) is 13.5 Å². The second-order valence-electron chi connectivity index (χ2n) is 2.16. The highest BCUT2D eigenvalue weighted by Gasteiger charge is 2.33. The first kappa shape index (κ1) is 7.28. The van der Waals surface area contributed by atoms with E-state index in [4.69, 9.17) is 4.84 Å². The minimum atomic E-state index is -0.00699. The molecule has 1 fully saturated rings. The van der Waals surface area contributed by atoms with Gasteiger partial charge in [-0.2, -0.15) is 0 Å². The molecule has 1 saturated heterocycles. The van der Waals surface area contributed by atoms with Crippen molar-refractivity contribution in [3.05, 3.63) is 19.6 Å². The predicted octanol–water partition coefficient (Wildman–Crippen LogP) is 0.539. The first-order valence-corrected chi connectivity index (χ1v) is 3.14.